The third kappa shape index (κ3) is 2.73. The molecule has 0 aromatic heterocycles. The molecule has 2 N–H and O–H groups in total. The van der Waals surface area contributed by atoms with Gasteiger partial charge in [-0.3, -0.25) is 0 Å². The lowest BCUT2D eigenvalue weighted by molar-refractivity contribution is 0.299. The Morgan fingerprint density at radius 3 is 2.73 bits per heavy atom. The van der Waals surface area contributed by atoms with E-state index >= 15 is 0 Å². The Hall–Kier alpha value is -1.48. The standard InChI is InChI=1S/C12H17NO2/c1-4-15-9(2)12-6-5-11(14-3)7-10(12)8-13/h5-7H,2,4,8,13H2,1,3H3. The van der Waals surface area contributed by atoms with Gasteiger partial charge in [-0.1, -0.05) is 6.58 Å². The van der Waals surface area contributed by atoms with Gasteiger partial charge < -0.3 is 15.2 Å². The predicted octanol–water partition coefficient (Wildman–Crippen LogP) is 2.16. The van der Waals surface area contributed by atoms with Gasteiger partial charge in [-0.2, -0.15) is 0 Å². The summed E-state index contributed by atoms with van der Waals surface area (Å²) in [6.45, 7) is 6.84. The highest BCUT2D eigenvalue weighted by molar-refractivity contribution is 5.62. The van der Waals surface area contributed by atoms with Crippen LogP contribution in [0.5, 0.6) is 5.75 Å². The maximum atomic E-state index is 5.66. The third-order valence-electron chi connectivity index (χ3n) is 2.15. The summed E-state index contributed by atoms with van der Waals surface area (Å²) in [5, 5.41) is 0. The van der Waals surface area contributed by atoms with Gasteiger partial charge in [0, 0.05) is 12.1 Å². The minimum absolute atomic E-state index is 0.443. The van der Waals surface area contributed by atoms with Gasteiger partial charge in [0.25, 0.3) is 0 Å². The Bertz CT molecular complexity index is 347. The quantitative estimate of drug-likeness (QED) is 0.752. The Morgan fingerprint density at radius 1 is 1.47 bits per heavy atom. The van der Waals surface area contributed by atoms with Crippen LogP contribution in [0, 0.1) is 0 Å². The number of hydrogen-bond acceptors (Lipinski definition) is 3. The first-order chi connectivity index (χ1) is 7.22. The van der Waals surface area contributed by atoms with Gasteiger partial charge >= 0.3 is 0 Å². The number of hydrogen-bond donors (Lipinski definition) is 1. The fourth-order valence-electron chi connectivity index (χ4n) is 1.39. The highest BCUT2D eigenvalue weighted by atomic mass is 16.5. The van der Waals surface area contributed by atoms with Crippen molar-refractivity contribution in [2.45, 2.75) is 13.5 Å². The minimum Gasteiger partial charge on any atom is -0.497 e. The SMILES string of the molecule is C=C(OCC)c1ccc(OC)cc1CN. The van der Waals surface area contributed by atoms with Crippen LogP contribution >= 0.6 is 0 Å². The second-order valence-corrected chi connectivity index (χ2v) is 3.08. The summed E-state index contributed by atoms with van der Waals surface area (Å²) in [7, 11) is 1.63. The van der Waals surface area contributed by atoms with E-state index in [0.29, 0.717) is 18.9 Å². The Kier molecular flexibility index (Phi) is 4.18. The summed E-state index contributed by atoms with van der Waals surface area (Å²) in [6, 6.07) is 5.69. The predicted molar refractivity (Wildman–Crippen MR) is 61.5 cm³/mol. The number of benzene rings is 1. The van der Waals surface area contributed by atoms with E-state index in [9.17, 15) is 0 Å². The van der Waals surface area contributed by atoms with E-state index in [-0.39, 0.29) is 0 Å². The number of rotatable bonds is 5. The van der Waals surface area contributed by atoms with Crippen molar-refractivity contribution >= 4 is 5.76 Å². The Morgan fingerprint density at radius 2 is 2.20 bits per heavy atom. The molecule has 0 aliphatic heterocycles. The van der Waals surface area contributed by atoms with E-state index in [1.54, 1.807) is 7.11 Å². The molecule has 3 heteroatoms. The summed E-state index contributed by atoms with van der Waals surface area (Å²) in [5.41, 5.74) is 7.58. The lowest BCUT2D eigenvalue weighted by atomic mass is 10.1. The normalized spacial score (nSPS) is 9.80. The van der Waals surface area contributed by atoms with Crippen molar-refractivity contribution in [3.05, 3.63) is 35.9 Å². The van der Waals surface area contributed by atoms with Crippen molar-refractivity contribution in [3.8, 4) is 5.75 Å². The molecule has 0 spiro atoms. The molecule has 0 heterocycles. The number of ether oxygens (including phenoxy) is 2. The molecule has 0 atom stereocenters. The van der Waals surface area contributed by atoms with Gasteiger partial charge in [-0.05, 0) is 30.7 Å². The summed E-state index contributed by atoms with van der Waals surface area (Å²) in [6.07, 6.45) is 0. The van der Waals surface area contributed by atoms with Gasteiger partial charge in [0.2, 0.25) is 0 Å². The zero-order valence-electron chi connectivity index (χ0n) is 9.25. The molecule has 0 fully saturated rings. The van der Waals surface area contributed by atoms with Crippen molar-refractivity contribution < 1.29 is 9.47 Å². The topological polar surface area (TPSA) is 44.5 Å². The maximum absolute atomic E-state index is 5.66. The van der Waals surface area contributed by atoms with Crippen LogP contribution in [-0.2, 0) is 11.3 Å². The molecular weight excluding hydrogens is 190 g/mol. The highest BCUT2D eigenvalue weighted by Crippen LogP contribution is 2.23. The summed E-state index contributed by atoms with van der Waals surface area (Å²) in [4.78, 5) is 0. The first-order valence-corrected chi connectivity index (χ1v) is 4.92. The zero-order valence-corrected chi connectivity index (χ0v) is 9.25. The fourth-order valence-corrected chi connectivity index (χ4v) is 1.39. The monoisotopic (exact) mass is 207 g/mol. The van der Waals surface area contributed by atoms with Crippen molar-refractivity contribution in [3.63, 3.8) is 0 Å². The van der Waals surface area contributed by atoms with Crippen LogP contribution in [0.2, 0.25) is 0 Å². The average molecular weight is 207 g/mol. The molecule has 3 nitrogen and oxygen atoms in total. The fraction of sp³-hybridized carbons (Fsp3) is 0.333. The molecule has 1 aromatic carbocycles. The molecule has 0 radical (unpaired) electrons. The largest absolute Gasteiger partial charge is 0.497 e. The molecule has 0 unspecified atom stereocenters. The molecule has 15 heavy (non-hydrogen) atoms. The van der Waals surface area contributed by atoms with Gasteiger partial charge in [0.15, 0.2) is 0 Å². The number of methoxy groups -OCH3 is 1. The van der Waals surface area contributed by atoms with Crippen LogP contribution in [0.15, 0.2) is 24.8 Å². The minimum atomic E-state index is 0.443. The molecule has 0 saturated heterocycles. The van der Waals surface area contributed by atoms with Crippen LogP contribution in [-0.4, -0.2) is 13.7 Å². The lowest BCUT2D eigenvalue weighted by Crippen LogP contribution is -2.03. The van der Waals surface area contributed by atoms with Gasteiger partial charge in [0.05, 0.1) is 13.7 Å². The molecule has 1 aromatic rings. The molecule has 0 bridgehead atoms. The summed E-state index contributed by atoms with van der Waals surface area (Å²) >= 11 is 0. The van der Waals surface area contributed by atoms with Crippen LogP contribution in [0.25, 0.3) is 5.76 Å². The third-order valence-corrected chi connectivity index (χ3v) is 2.15. The molecule has 0 aliphatic carbocycles. The average Bonchev–Trinajstić information content (AvgIpc) is 2.28. The van der Waals surface area contributed by atoms with E-state index in [1.165, 1.54) is 0 Å². The van der Waals surface area contributed by atoms with Crippen molar-refractivity contribution in [1.29, 1.82) is 0 Å². The smallest absolute Gasteiger partial charge is 0.119 e. The first-order valence-electron chi connectivity index (χ1n) is 4.92. The van der Waals surface area contributed by atoms with Crippen LogP contribution in [0.3, 0.4) is 0 Å². The molecule has 0 saturated carbocycles. The summed E-state index contributed by atoms with van der Waals surface area (Å²) in [5.74, 6) is 1.45. The van der Waals surface area contributed by atoms with E-state index in [0.717, 1.165) is 16.9 Å². The number of nitrogens with two attached hydrogens (primary N) is 1. The van der Waals surface area contributed by atoms with Gasteiger partial charge in [-0.25, -0.2) is 0 Å². The second kappa shape index (κ2) is 5.41. The second-order valence-electron chi connectivity index (χ2n) is 3.08. The van der Waals surface area contributed by atoms with Crippen molar-refractivity contribution in [2.24, 2.45) is 5.73 Å². The molecule has 0 amide bonds. The van der Waals surface area contributed by atoms with Crippen LogP contribution in [0.4, 0.5) is 0 Å². The van der Waals surface area contributed by atoms with Crippen LogP contribution < -0.4 is 10.5 Å². The highest BCUT2D eigenvalue weighted by Gasteiger charge is 2.06. The van der Waals surface area contributed by atoms with Crippen molar-refractivity contribution in [1.82, 2.24) is 0 Å². The lowest BCUT2D eigenvalue weighted by Gasteiger charge is -2.12. The van der Waals surface area contributed by atoms with E-state index < -0.39 is 0 Å². The molecule has 82 valence electrons. The van der Waals surface area contributed by atoms with Gasteiger partial charge in [-0.15, -0.1) is 0 Å². The van der Waals surface area contributed by atoms with E-state index in [2.05, 4.69) is 6.58 Å². The van der Waals surface area contributed by atoms with E-state index in [4.69, 9.17) is 15.2 Å². The first kappa shape index (κ1) is 11.6. The zero-order chi connectivity index (χ0) is 11.3. The maximum Gasteiger partial charge on any atom is 0.119 e. The Balaban J connectivity index is 3.02. The molecular formula is C12H17NO2. The van der Waals surface area contributed by atoms with E-state index in [1.807, 2.05) is 25.1 Å². The van der Waals surface area contributed by atoms with Crippen molar-refractivity contribution in [2.75, 3.05) is 13.7 Å². The van der Waals surface area contributed by atoms with Gasteiger partial charge in [0.1, 0.15) is 11.5 Å². The van der Waals surface area contributed by atoms with Crippen LogP contribution in [0.1, 0.15) is 18.1 Å². The molecule has 0 aliphatic rings. The Labute approximate surface area is 90.5 Å². The molecule has 1 rings (SSSR count). The summed E-state index contributed by atoms with van der Waals surface area (Å²) < 4.78 is 10.5.